The van der Waals surface area contributed by atoms with Crippen molar-refractivity contribution in [1.82, 2.24) is 10.2 Å². The topological polar surface area (TPSA) is 120 Å². The molecule has 1 N–H and O–H groups in total. The number of aromatic nitrogens is 2. The van der Waals surface area contributed by atoms with Gasteiger partial charge in [-0.1, -0.05) is 23.1 Å². The van der Waals surface area contributed by atoms with Crippen LogP contribution in [0.25, 0.3) is 0 Å². The van der Waals surface area contributed by atoms with E-state index in [0.29, 0.717) is 22.4 Å². The molecule has 0 saturated carbocycles. The Hall–Kier alpha value is -3.03. The molecule has 0 bridgehead atoms. The molecule has 10 nitrogen and oxygen atoms in total. The van der Waals surface area contributed by atoms with E-state index in [0.717, 1.165) is 4.31 Å². The van der Waals surface area contributed by atoms with Gasteiger partial charge in [0.2, 0.25) is 11.0 Å². The number of nitrogens with one attached hydrogen (secondary N) is 1. The first-order chi connectivity index (χ1) is 16.3. The van der Waals surface area contributed by atoms with Crippen LogP contribution in [0.5, 0.6) is 17.2 Å². The minimum Gasteiger partial charge on any atom is -0.494 e. The quantitative estimate of drug-likeness (QED) is 0.297. The molecule has 3 rings (SSSR count). The third-order valence-electron chi connectivity index (χ3n) is 4.49. The van der Waals surface area contributed by atoms with Gasteiger partial charge in [-0.05, 0) is 49.6 Å². The number of hydrogen-bond donors (Lipinski definition) is 1. The summed E-state index contributed by atoms with van der Waals surface area (Å²) < 4.78 is 44.9. The van der Waals surface area contributed by atoms with Gasteiger partial charge in [-0.2, -0.15) is 0 Å². The van der Waals surface area contributed by atoms with Crippen molar-refractivity contribution in [3.05, 3.63) is 42.5 Å². The summed E-state index contributed by atoms with van der Waals surface area (Å²) in [5, 5.41) is 10.7. The minimum absolute atomic E-state index is 0.0626. The van der Waals surface area contributed by atoms with Crippen LogP contribution in [0.4, 0.5) is 10.8 Å². The molecule has 0 radical (unpaired) electrons. The zero-order chi connectivity index (χ0) is 24.7. The number of hydrogen-bond acceptors (Lipinski definition) is 10. The van der Waals surface area contributed by atoms with Crippen LogP contribution in [0.1, 0.15) is 6.92 Å². The number of carbonyl (C=O) groups is 1. The number of nitrogens with zero attached hydrogens (tertiary/aromatic N) is 3. The van der Waals surface area contributed by atoms with Gasteiger partial charge in [-0.25, -0.2) is 8.42 Å². The van der Waals surface area contributed by atoms with E-state index in [9.17, 15) is 13.2 Å². The predicted octanol–water partition coefficient (Wildman–Crippen LogP) is 3.51. The van der Waals surface area contributed by atoms with E-state index in [2.05, 4.69) is 15.5 Å². The number of thioether (sulfide) groups is 1. The Bertz CT molecular complexity index is 1230. The number of amides is 1. The van der Waals surface area contributed by atoms with Gasteiger partial charge in [-0.15, -0.1) is 10.2 Å². The summed E-state index contributed by atoms with van der Waals surface area (Å²) in [5.74, 6) is 0.644. The average molecular weight is 525 g/mol. The summed E-state index contributed by atoms with van der Waals surface area (Å²) in [7, 11) is -1.29. The second-order valence-electron chi connectivity index (χ2n) is 6.58. The van der Waals surface area contributed by atoms with E-state index in [4.69, 9.17) is 14.2 Å². The fraction of sp³-hybridized carbons (Fsp3) is 0.286. The molecule has 1 aromatic heterocycles. The molecule has 34 heavy (non-hydrogen) atoms. The van der Waals surface area contributed by atoms with E-state index >= 15 is 0 Å². The van der Waals surface area contributed by atoms with Gasteiger partial charge in [0, 0.05) is 6.07 Å². The Morgan fingerprint density at radius 3 is 2.38 bits per heavy atom. The molecular weight excluding hydrogens is 500 g/mol. The first-order valence-corrected chi connectivity index (χ1v) is 13.5. The van der Waals surface area contributed by atoms with Gasteiger partial charge in [0.25, 0.3) is 10.0 Å². The van der Waals surface area contributed by atoms with E-state index in [1.54, 1.807) is 24.3 Å². The molecule has 1 heterocycles. The van der Waals surface area contributed by atoms with Gasteiger partial charge in [0.1, 0.15) is 12.3 Å². The number of anilines is 2. The van der Waals surface area contributed by atoms with Gasteiger partial charge < -0.3 is 14.2 Å². The molecule has 182 valence electrons. The lowest BCUT2D eigenvalue weighted by Gasteiger charge is -2.24. The molecule has 0 aliphatic rings. The van der Waals surface area contributed by atoms with Crippen molar-refractivity contribution in [2.24, 2.45) is 0 Å². The van der Waals surface area contributed by atoms with Crippen molar-refractivity contribution < 1.29 is 27.4 Å². The molecule has 3 aromatic rings. The third-order valence-corrected chi connectivity index (χ3v) is 8.08. The summed E-state index contributed by atoms with van der Waals surface area (Å²) in [5.41, 5.74) is 0.287. The smallest absolute Gasteiger partial charge is 0.264 e. The number of benzene rings is 2. The van der Waals surface area contributed by atoms with E-state index in [1.165, 1.54) is 55.5 Å². The molecule has 2 aromatic carbocycles. The number of methoxy groups -OCH3 is 2. The number of sulfonamides is 1. The van der Waals surface area contributed by atoms with Gasteiger partial charge in [0.05, 0.1) is 31.4 Å². The number of carbonyl (C=O) groups excluding carboxylic acids is 1. The van der Waals surface area contributed by atoms with Gasteiger partial charge in [0.15, 0.2) is 15.8 Å². The summed E-state index contributed by atoms with van der Waals surface area (Å²) in [6, 6.07) is 10.7. The SMILES string of the molecule is CCOc1ccc(N(CC(=O)Nc2nnc(SC)s2)S(=O)(=O)c2ccc(OC)c(OC)c2)cc1. The molecule has 0 fully saturated rings. The second kappa shape index (κ2) is 11.4. The molecule has 0 unspecified atom stereocenters. The summed E-state index contributed by atoms with van der Waals surface area (Å²) >= 11 is 2.59. The Morgan fingerprint density at radius 1 is 1.09 bits per heavy atom. The molecule has 1 amide bonds. The van der Waals surface area contributed by atoms with E-state index < -0.39 is 22.5 Å². The van der Waals surface area contributed by atoms with Crippen molar-refractivity contribution in [2.45, 2.75) is 16.2 Å². The lowest BCUT2D eigenvalue weighted by molar-refractivity contribution is -0.114. The maximum absolute atomic E-state index is 13.6. The maximum Gasteiger partial charge on any atom is 0.264 e. The minimum atomic E-state index is -4.16. The zero-order valence-electron chi connectivity index (χ0n) is 19.0. The maximum atomic E-state index is 13.6. The third kappa shape index (κ3) is 5.90. The summed E-state index contributed by atoms with van der Waals surface area (Å²) in [6.07, 6.45) is 1.84. The first kappa shape index (κ1) is 25.6. The lowest BCUT2D eigenvalue weighted by atomic mass is 10.3. The van der Waals surface area contributed by atoms with Crippen LogP contribution in [-0.4, -0.2) is 58.1 Å². The highest BCUT2D eigenvalue weighted by molar-refractivity contribution is 8.00. The van der Waals surface area contributed by atoms with Crippen LogP contribution in [-0.2, 0) is 14.8 Å². The highest BCUT2D eigenvalue weighted by Crippen LogP contribution is 2.33. The highest BCUT2D eigenvalue weighted by atomic mass is 32.2. The van der Waals surface area contributed by atoms with Crippen molar-refractivity contribution in [2.75, 3.05) is 43.2 Å². The van der Waals surface area contributed by atoms with Crippen molar-refractivity contribution >= 4 is 49.8 Å². The Kier molecular flexibility index (Phi) is 8.58. The van der Waals surface area contributed by atoms with Crippen molar-refractivity contribution in [1.29, 1.82) is 0 Å². The van der Waals surface area contributed by atoms with Gasteiger partial charge >= 0.3 is 0 Å². The summed E-state index contributed by atoms with van der Waals surface area (Å²) in [6.45, 7) is 1.83. The van der Waals surface area contributed by atoms with Crippen molar-refractivity contribution in [3.63, 3.8) is 0 Å². The van der Waals surface area contributed by atoms with Crippen molar-refractivity contribution in [3.8, 4) is 17.2 Å². The van der Waals surface area contributed by atoms with Crippen LogP contribution in [0.3, 0.4) is 0 Å². The number of rotatable bonds is 11. The molecule has 0 saturated heterocycles. The fourth-order valence-electron chi connectivity index (χ4n) is 2.93. The molecule has 13 heteroatoms. The van der Waals surface area contributed by atoms with Crippen LogP contribution < -0.4 is 23.8 Å². The number of ether oxygens (including phenoxy) is 3. The second-order valence-corrected chi connectivity index (χ2v) is 10.5. The van der Waals surface area contributed by atoms with Crippen LogP contribution in [0.15, 0.2) is 51.7 Å². The standard InChI is InChI=1S/C21H24N4O6S3/c1-5-31-15-8-6-14(7-9-15)25(13-19(26)22-20-23-24-21(32-4)33-20)34(27,28)16-10-11-17(29-2)18(12-16)30-3/h6-12H,5,13H2,1-4H3,(H,22,23,26). The zero-order valence-corrected chi connectivity index (χ0v) is 21.4. The van der Waals surface area contributed by atoms with Crippen LogP contribution in [0, 0.1) is 0 Å². The van der Waals surface area contributed by atoms with E-state index in [1.807, 2.05) is 13.2 Å². The van der Waals surface area contributed by atoms with Gasteiger partial charge in [-0.3, -0.25) is 14.4 Å². The largest absolute Gasteiger partial charge is 0.494 e. The predicted molar refractivity (Wildman–Crippen MR) is 132 cm³/mol. The normalized spacial score (nSPS) is 11.1. The molecule has 0 atom stereocenters. The molecule has 0 aliphatic heterocycles. The molecular formula is C21H24N4O6S3. The van der Waals surface area contributed by atoms with Crippen LogP contribution in [0.2, 0.25) is 0 Å². The Morgan fingerprint density at radius 2 is 1.79 bits per heavy atom. The fourth-order valence-corrected chi connectivity index (χ4v) is 5.55. The highest BCUT2D eigenvalue weighted by Gasteiger charge is 2.29. The monoisotopic (exact) mass is 524 g/mol. The first-order valence-electron chi connectivity index (χ1n) is 9.97. The molecule has 0 spiro atoms. The summed E-state index contributed by atoms with van der Waals surface area (Å²) in [4.78, 5) is 12.7. The molecule has 0 aliphatic carbocycles. The van der Waals surface area contributed by atoms with Crippen LogP contribution >= 0.6 is 23.1 Å². The Balaban J connectivity index is 1.97. The van der Waals surface area contributed by atoms with E-state index in [-0.39, 0.29) is 21.5 Å². The Labute approximate surface area is 206 Å². The average Bonchev–Trinajstić information content (AvgIpc) is 3.30. The lowest BCUT2D eigenvalue weighted by Crippen LogP contribution is -2.38.